The predicted octanol–water partition coefficient (Wildman–Crippen LogP) is 2.71. The third-order valence-corrected chi connectivity index (χ3v) is 5.84. The molecular formula is C14H19ClN4OS2. The number of aryl methyl sites for hydroxylation is 1. The number of nitrogens with zero attached hydrogens (tertiary/aromatic N) is 2. The average molecular weight is 359 g/mol. The van der Waals surface area contributed by atoms with Gasteiger partial charge in [-0.05, 0) is 30.7 Å². The van der Waals surface area contributed by atoms with Gasteiger partial charge in [-0.2, -0.15) is 0 Å². The molecule has 0 bridgehead atoms. The molecule has 0 aliphatic heterocycles. The summed E-state index contributed by atoms with van der Waals surface area (Å²) >= 11 is 3.05. The molecule has 5 nitrogen and oxygen atoms in total. The van der Waals surface area contributed by atoms with Crippen molar-refractivity contribution < 1.29 is 0 Å². The Morgan fingerprint density at radius 2 is 2.36 bits per heavy atom. The molecule has 8 heteroatoms. The van der Waals surface area contributed by atoms with Crippen molar-refractivity contribution >= 4 is 50.9 Å². The number of aromatic nitrogens is 2. The van der Waals surface area contributed by atoms with Gasteiger partial charge in [0.1, 0.15) is 10.7 Å². The van der Waals surface area contributed by atoms with Crippen LogP contribution in [-0.4, -0.2) is 22.2 Å². The molecule has 1 aliphatic carbocycles. The molecule has 1 aliphatic rings. The monoisotopic (exact) mass is 358 g/mol. The number of thiophene rings is 1. The van der Waals surface area contributed by atoms with Crippen LogP contribution in [0.25, 0.3) is 10.2 Å². The second kappa shape index (κ2) is 7.02. The minimum Gasteiger partial charge on any atom is -0.379 e. The molecule has 0 saturated heterocycles. The summed E-state index contributed by atoms with van der Waals surface area (Å²) in [6.45, 7) is 2.26. The fourth-order valence-corrected chi connectivity index (χ4v) is 4.62. The maximum absolute atomic E-state index is 12.4. The molecule has 0 aromatic carbocycles. The summed E-state index contributed by atoms with van der Waals surface area (Å²) in [5.41, 5.74) is 6.86. The number of aliphatic imine (C=N–C) groups is 1. The number of H-pyrrole nitrogens is 1. The zero-order valence-corrected chi connectivity index (χ0v) is 15.0. The molecule has 2 aromatic heterocycles. The first kappa shape index (κ1) is 17.3. The van der Waals surface area contributed by atoms with Crippen molar-refractivity contribution in [1.29, 1.82) is 0 Å². The molecule has 1 atom stereocenters. The van der Waals surface area contributed by atoms with Gasteiger partial charge >= 0.3 is 0 Å². The quantitative estimate of drug-likeness (QED) is 0.638. The summed E-state index contributed by atoms with van der Waals surface area (Å²) in [6, 6.07) is 0. The van der Waals surface area contributed by atoms with E-state index in [0.717, 1.165) is 29.5 Å². The second-order valence-corrected chi connectivity index (χ2v) is 7.47. The molecule has 2 aromatic rings. The Labute approximate surface area is 143 Å². The van der Waals surface area contributed by atoms with E-state index in [4.69, 9.17) is 5.73 Å². The third kappa shape index (κ3) is 3.31. The first-order valence-electron chi connectivity index (χ1n) is 6.97. The van der Waals surface area contributed by atoms with Gasteiger partial charge in [0.2, 0.25) is 0 Å². The zero-order chi connectivity index (χ0) is 15.0. The summed E-state index contributed by atoms with van der Waals surface area (Å²) < 4.78 is 0. The van der Waals surface area contributed by atoms with E-state index >= 15 is 0 Å². The van der Waals surface area contributed by atoms with Gasteiger partial charge in [-0.25, -0.2) is 4.98 Å². The topological polar surface area (TPSA) is 84.1 Å². The average Bonchev–Trinajstić information content (AvgIpc) is 2.82. The number of aromatic amines is 1. The molecule has 0 fully saturated rings. The van der Waals surface area contributed by atoms with Crippen molar-refractivity contribution in [2.24, 2.45) is 16.6 Å². The van der Waals surface area contributed by atoms with Gasteiger partial charge in [0.05, 0.1) is 11.1 Å². The van der Waals surface area contributed by atoms with Crippen LogP contribution in [0.4, 0.5) is 0 Å². The number of nitrogens with two attached hydrogens (primary N) is 1. The van der Waals surface area contributed by atoms with E-state index in [9.17, 15) is 4.79 Å². The number of fused-ring (bicyclic) bond motifs is 3. The molecule has 0 radical (unpaired) electrons. The van der Waals surface area contributed by atoms with Crippen LogP contribution < -0.4 is 11.3 Å². The lowest BCUT2D eigenvalue weighted by molar-refractivity contribution is 0.509. The fourth-order valence-electron chi connectivity index (χ4n) is 2.67. The molecule has 120 valence electrons. The summed E-state index contributed by atoms with van der Waals surface area (Å²) in [6.07, 6.45) is 3.21. The van der Waals surface area contributed by atoms with Crippen molar-refractivity contribution in [3.8, 4) is 0 Å². The van der Waals surface area contributed by atoms with Crippen LogP contribution in [0.2, 0.25) is 0 Å². The number of nitrogens with one attached hydrogen (secondary N) is 1. The molecule has 0 spiro atoms. The lowest BCUT2D eigenvalue weighted by Crippen LogP contribution is -2.15. The van der Waals surface area contributed by atoms with E-state index in [1.807, 2.05) is 0 Å². The second-order valence-electron chi connectivity index (χ2n) is 5.40. The van der Waals surface area contributed by atoms with Crippen LogP contribution in [0, 0.1) is 5.92 Å². The van der Waals surface area contributed by atoms with Crippen LogP contribution in [0.3, 0.4) is 0 Å². The maximum atomic E-state index is 12.4. The number of thioether (sulfide) groups is 1. The molecule has 0 saturated carbocycles. The van der Waals surface area contributed by atoms with Gasteiger partial charge < -0.3 is 10.7 Å². The van der Waals surface area contributed by atoms with Crippen molar-refractivity contribution in [1.82, 2.24) is 9.97 Å². The van der Waals surface area contributed by atoms with Gasteiger partial charge in [-0.1, -0.05) is 18.7 Å². The molecule has 2 heterocycles. The van der Waals surface area contributed by atoms with Gasteiger partial charge in [0, 0.05) is 11.9 Å². The van der Waals surface area contributed by atoms with Crippen molar-refractivity contribution in [2.75, 3.05) is 7.05 Å². The van der Waals surface area contributed by atoms with Crippen LogP contribution >= 0.6 is 35.5 Å². The summed E-state index contributed by atoms with van der Waals surface area (Å²) in [4.78, 5) is 25.9. The standard InChI is InChI=1S/C14H18N4OS2.ClH/c1-7-3-4-8-9(5-7)21-13-11(8)12(19)17-10(18-13)6-20-14(15)16-2;/h7H,3-6H2,1-2H3,(H2,15,16)(H,17,18,19);1H. The maximum Gasteiger partial charge on any atom is 0.259 e. The van der Waals surface area contributed by atoms with Crippen molar-refractivity contribution in [2.45, 2.75) is 31.9 Å². The van der Waals surface area contributed by atoms with Crippen LogP contribution in [0.1, 0.15) is 29.6 Å². The third-order valence-electron chi connectivity index (χ3n) is 3.79. The van der Waals surface area contributed by atoms with E-state index in [-0.39, 0.29) is 18.0 Å². The number of amidine groups is 1. The van der Waals surface area contributed by atoms with Gasteiger partial charge in [-0.15, -0.1) is 23.7 Å². The number of halogens is 1. The lowest BCUT2D eigenvalue weighted by atomic mass is 9.89. The van der Waals surface area contributed by atoms with Gasteiger partial charge in [-0.3, -0.25) is 9.79 Å². The smallest absolute Gasteiger partial charge is 0.259 e. The Bertz CT molecular complexity index is 768. The van der Waals surface area contributed by atoms with Gasteiger partial charge in [0.15, 0.2) is 5.17 Å². The first-order chi connectivity index (χ1) is 10.1. The van der Waals surface area contributed by atoms with E-state index in [0.29, 0.717) is 22.7 Å². The van der Waals surface area contributed by atoms with Crippen LogP contribution in [0.15, 0.2) is 9.79 Å². The van der Waals surface area contributed by atoms with E-state index in [1.54, 1.807) is 18.4 Å². The Morgan fingerprint density at radius 3 is 3.09 bits per heavy atom. The first-order valence-corrected chi connectivity index (χ1v) is 8.77. The summed E-state index contributed by atoms with van der Waals surface area (Å²) in [5, 5.41) is 1.30. The van der Waals surface area contributed by atoms with Crippen LogP contribution in [-0.2, 0) is 18.6 Å². The Morgan fingerprint density at radius 1 is 1.59 bits per heavy atom. The molecule has 3 rings (SSSR count). The Hall–Kier alpha value is -1.05. The summed E-state index contributed by atoms with van der Waals surface area (Å²) in [7, 11) is 1.65. The molecule has 3 N–H and O–H groups in total. The minimum absolute atomic E-state index is 0. The molecule has 0 amide bonds. The Balaban J connectivity index is 0.00000176. The number of rotatable bonds is 2. The largest absolute Gasteiger partial charge is 0.379 e. The highest BCUT2D eigenvalue weighted by atomic mass is 35.5. The highest BCUT2D eigenvalue weighted by Gasteiger charge is 2.22. The predicted molar refractivity (Wildman–Crippen MR) is 97.5 cm³/mol. The summed E-state index contributed by atoms with van der Waals surface area (Å²) in [5.74, 6) is 1.89. The minimum atomic E-state index is -0.0188. The normalized spacial score (nSPS) is 18.1. The van der Waals surface area contributed by atoms with Gasteiger partial charge in [0.25, 0.3) is 5.56 Å². The van der Waals surface area contributed by atoms with E-state index in [2.05, 4.69) is 21.9 Å². The Kier molecular flexibility index (Phi) is 5.52. The molecule has 22 heavy (non-hydrogen) atoms. The highest BCUT2D eigenvalue weighted by Crippen LogP contribution is 2.35. The lowest BCUT2D eigenvalue weighted by Gasteiger charge is -2.17. The van der Waals surface area contributed by atoms with Crippen molar-refractivity contribution in [3.63, 3.8) is 0 Å². The number of hydrogen-bond donors (Lipinski definition) is 2. The van der Waals surface area contributed by atoms with E-state index in [1.165, 1.54) is 22.2 Å². The SMILES string of the molecule is CN=C(N)SCc1nc2sc3c(c2c(=O)[nH]1)CCC(C)C3.Cl. The molecule has 1 unspecified atom stereocenters. The highest BCUT2D eigenvalue weighted by molar-refractivity contribution is 8.13. The van der Waals surface area contributed by atoms with Crippen molar-refractivity contribution in [3.05, 3.63) is 26.6 Å². The fraction of sp³-hybridized carbons (Fsp3) is 0.500. The molecular weight excluding hydrogens is 340 g/mol. The van der Waals surface area contributed by atoms with Crippen LogP contribution in [0.5, 0.6) is 0 Å². The zero-order valence-electron chi connectivity index (χ0n) is 12.5. The van der Waals surface area contributed by atoms with E-state index < -0.39 is 0 Å². The number of hydrogen-bond acceptors (Lipinski definition) is 5.